The first kappa shape index (κ1) is 20.5. The zero-order chi connectivity index (χ0) is 19.3. The molecule has 2 rings (SSSR count). The SMILES string of the molecule is CC(C)C(NCc1cc(Cl)ccc1OCc1ccc(F)cc1Cl)C(=O)O. The Morgan fingerprint density at radius 1 is 1.19 bits per heavy atom. The van der Waals surface area contributed by atoms with Crippen molar-refractivity contribution in [1.29, 1.82) is 0 Å². The largest absolute Gasteiger partial charge is 0.489 e. The molecule has 0 aliphatic rings. The van der Waals surface area contributed by atoms with Gasteiger partial charge in [-0.05, 0) is 36.2 Å². The predicted molar refractivity (Wildman–Crippen MR) is 100 cm³/mol. The minimum atomic E-state index is -0.914. The van der Waals surface area contributed by atoms with Crippen molar-refractivity contribution < 1.29 is 19.0 Å². The number of hydrogen-bond acceptors (Lipinski definition) is 3. The van der Waals surface area contributed by atoms with Gasteiger partial charge < -0.3 is 9.84 Å². The van der Waals surface area contributed by atoms with E-state index >= 15 is 0 Å². The quantitative estimate of drug-likeness (QED) is 0.661. The number of benzene rings is 2. The fourth-order valence-corrected chi connectivity index (χ4v) is 2.87. The Bertz CT molecular complexity index is 783. The molecule has 2 aromatic carbocycles. The summed E-state index contributed by atoms with van der Waals surface area (Å²) in [5, 5.41) is 13.1. The Labute approximate surface area is 161 Å². The molecule has 0 heterocycles. The van der Waals surface area contributed by atoms with E-state index in [2.05, 4.69) is 5.32 Å². The summed E-state index contributed by atoms with van der Waals surface area (Å²) in [6.45, 7) is 4.10. The van der Waals surface area contributed by atoms with Crippen molar-refractivity contribution in [3.8, 4) is 5.75 Å². The third-order valence-electron chi connectivity index (χ3n) is 3.87. The second kappa shape index (κ2) is 9.21. The van der Waals surface area contributed by atoms with Gasteiger partial charge in [-0.25, -0.2) is 4.39 Å². The highest BCUT2D eigenvalue weighted by molar-refractivity contribution is 6.31. The van der Waals surface area contributed by atoms with Crippen molar-refractivity contribution in [3.05, 3.63) is 63.4 Å². The molecule has 4 nitrogen and oxygen atoms in total. The third-order valence-corrected chi connectivity index (χ3v) is 4.45. The molecular formula is C19H20Cl2FNO3. The second-order valence-corrected chi connectivity index (χ2v) is 7.06. The number of carboxylic acid groups (broad SMARTS) is 1. The summed E-state index contributed by atoms with van der Waals surface area (Å²) >= 11 is 12.1. The summed E-state index contributed by atoms with van der Waals surface area (Å²) in [4.78, 5) is 11.3. The first-order valence-electron chi connectivity index (χ1n) is 8.09. The van der Waals surface area contributed by atoms with Crippen LogP contribution in [0.15, 0.2) is 36.4 Å². The summed E-state index contributed by atoms with van der Waals surface area (Å²) in [5.41, 5.74) is 1.37. The van der Waals surface area contributed by atoms with Gasteiger partial charge in [0.1, 0.15) is 24.2 Å². The van der Waals surface area contributed by atoms with Crippen LogP contribution in [0.25, 0.3) is 0 Å². The number of halogens is 3. The van der Waals surface area contributed by atoms with E-state index in [1.165, 1.54) is 12.1 Å². The first-order valence-corrected chi connectivity index (χ1v) is 8.85. The summed E-state index contributed by atoms with van der Waals surface area (Å²) in [5.74, 6) is -0.851. The lowest BCUT2D eigenvalue weighted by Gasteiger charge is -2.19. The maximum Gasteiger partial charge on any atom is 0.320 e. The molecule has 0 aromatic heterocycles. The Kier molecular flexibility index (Phi) is 7.26. The lowest BCUT2D eigenvalue weighted by molar-refractivity contribution is -0.140. The highest BCUT2D eigenvalue weighted by atomic mass is 35.5. The van der Waals surface area contributed by atoms with E-state index in [-0.39, 0.29) is 24.1 Å². The highest BCUT2D eigenvalue weighted by Gasteiger charge is 2.21. The number of nitrogens with one attached hydrogen (secondary N) is 1. The normalized spacial score (nSPS) is 12.2. The molecule has 1 unspecified atom stereocenters. The molecule has 2 aromatic rings. The highest BCUT2D eigenvalue weighted by Crippen LogP contribution is 2.26. The van der Waals surface area contributed by atoms with Crippen molar-refractivity contribution >= 4 is 29.2 Å². The Balaban J connectivity index is 2.12. The van der Waals surface area contributed by atoms with Crippen molar-refractivity contribution in [2.75, 3.05) is 0 Å². The molecule has 0 aliphatic carbocycles. The van der Waals surface area contributed by atoms with Gasteiger partial charge >= 0.3 is 5.97 Å². The molecule has 0 fully saturated rings. The number of aliphatic carboxylic acids is 1. The zero-order valence-electron chi connectivity index (χ0n) is 14.4. The lowest BCUT2D eigenvalue weighted by Crippen LogP contribution is -2.40. The molecular weight excluding hydrogens is 380 g/mol. The van der Waals surface area contributed by atoms with Gasteiger partial charge in [-0.2, -0.15) is 0 Å². The van der Waals surface area contributed by atoms with Crippen LogP contribution in [0.2, 0.25) is 10.0 Å². The fraction of sp³-hybridized carbons (Fsp3) is 0.316. The van der Waals surface area contributed by atoms with Crippen LogP contribution in [-0.2, 0) is 17.9 Å². The molecule has 0 spiro atoms. The summed E-state index contributed by atoms with van der Waals surface area (Å²) < 4.78 is 18.9. The van der Waals surface area contributed by atoms with Crippen LogP contribution in [0.3, 0.4) is 0 Å². The maximum absolute atomic E-state index is 13.1. The van der Waals surface area contributed by atoms with Gasteiger partial charge in [0.05, 0.1) is 5.02 Å². The maximum atomic E-state index is 13.1. The van der Waals surface area contributed by atoms with E-state index in [9.17, 15) is 14.3 Å². The molecule has 140 valence electrons. The Morgan fingerprint density at radius 2 is 1.92 bits per heavy atom. The monoisotopic (exact) mass is 399 g/mol. The van der Waals surface area contributed by atoms with E-state index in [1.807, 2.05) is 13.8 Å². The third kappa shape index (κ3) is 5.59. The molecule has 1 atom stereocenters. The molecule has 7 heteroatoms. The molecule has 0 radical (unpaired) electrons. The van der Waals surface area contributed by atoms with Crippen LogP contribution < -0.4 is 10.1 Å². The number of hydrogen-bond donors (Lipinski definition) is 2. The molecule has 2 N–H and O–H groups in total. The van der Waals surface area contributed by atoms with Crippen molar-refractivity contribution in [1.82, 2.24) is 5.32 Å². The van der Waals surface area contributed by atoms with Gasteiger partial charge in [-0.1, -0.05) is 43.1 Å². The van der Waals surface area contributed by atoms with Gasteiger partial charge in [0, 0.05) is 22.7 Å². The molecule has 0 saturated carbocycles. The van der Waals surface area contributed by atoms with Gasteiger partial charge in [-0.15, -0.1) is 0 Å². The standard InChI is InChI=1S/C19H20Cl2FNO3/c1-11(2)18(19(24)25)23-9-13-7-14(20)4-6-17(13)26-10-12-3-5-15(22)8-16(12)21/h3-8,11,18,23H,9-10H2,1-2H3,(H,24,25). The average Bonchev–Trinajstić information content (AvgIpc) is 2.55. The number of carbonyl (C=O) groups is 1. The van der Waals surface area contributed by atoms with Gasteiger partial charge in [0.25, 0.3) is 0 Å². The zero-order valence-corrected chi connectivity index (χ0v) is 15.9. The first-order chi connectivity index (χ1) is 12.3. The minimum absolute atomic E-state index is 0.0749. The van der Waals surface area contributed by atoms with E-state index < -0.39 is 17.8 Å². The molecule has 26 heavy (non-hydrogen) atoms. The van der Waals surface area contributed by atoms with Crippen LogP contribution in [0.4, 0.5) is 4.39 Å². The molecule has 0 amide bonds. The number of rotatable bonds is 8. The van der Waals surface area contributed by atoms with Crippen molar-refractivity contribution in [2.24, 2.45) is 5.92 Å². The van der Waals surface area contributed by atoms with Gasteiger partial charge in [0.2, 0.25) is 0 Å². The molecule has 0 aliphatic heterocycles. The Hall–Kier alpha value is -1.82. The van der Waals surface area contributed by atoms with Crippen molar-refractivity contribution in [2.45, 2.75) is 33.0 Å². The summed E-state index contributed by atoms with van der Waals surface area (Å²) in [7, 11) is 0. The minimum Gasteiger partial charge on any atom is -0.489 e. The molecule has 0 saturated heterocycles. The van der Waals surface area contributed by atoms with E-state index in [0.717, 1.165) is 5.56 Å². The second-order valence-electron chi connectivity index (χ2n) is 6.22. The van der Waals surface area contributed by atoms with Crippen LogP contribution in [0.5, 0.6) is 5.75 Å². The molecule has 0 bridgehead atoms. The van der Waals surface area contributed by atoms with Crippen LogP contribution in [-0.4, -0.2) is 17.1 Å². The van der Waals surface area contributed by atoms with Gasteiger partial charge in [0.15, 0.2) is 0 Å². The van der Waals surface area contributed by atoms with E-state index in [1.54, 1.807) is 24.3 Å². The summed E-state index contributed by atoms with van der Waals surface area (Å²) in [6.07, 6.45) is 0. The van der Waals surface area contributed by atoms with Crippen LogP contribution in [0.1, 0.15) is 25.0 Å². The number of ether oxygens (including phenoxy) is 1. The van der Waals surface area contributed by atoms with Crippen LogP contribution >= 0.6 is 23.2 Å². The van der Waals surface area contributed by atoms with E-state index in [4.69, 9.17) is 27.9 Å². The van der Waals surface area contributed by atoms with Crippen LogP contribution in [0, 0.1) is 11.7 Å². The topological polar surface area (TPSA) is 58.6 Å². The smallest absolute Gasteiger partial charge is 0.320 e. The average molecular weight is 400 g/mol. The number of carboxylic acids is 1. The van der Waals surface area contributed by atoms with Gasteiger partial charge in [-0.3, -0.25) is 10.1 Å². The Morgan fingerprint density at radius 3 is 2.54 bits per heavy atom. The van der Waals surface area contributed by atoms with E-state index in [0.29, 0.717) is 16.3 Å². The lowest BCUT2D eigenvalue weighted by atomic mass is 10.0. The van der Waals surface area contributed by atoms with Crippen molar-refractivity contribution in [3.63, 3.8) is 0 Å². The summed E-state index contributed by atoms with van der Waals surface area (Å²) in [6, 6.07) is 8.53. The predicted octanol–water partition coefficient (Wildman–Crippen LogP) is 4.91. The fourth-order valence-electron chi connectivity index (χ4n) is 2.45.